The molecule has 0 heterocycles. The largest absolute Gasteiger partial charge is 0.504 e. The molecule has 0 bridgehead atoms. The Hall–Kier alpha value is 0.410. The van der Waals surface area contributed by atoms with Gasteiger partial charge in [-0.2, -0.15) is 12.6 Å². The van der Waals surface area contributed by atoms with Gasteiger partial charge in [0.1, 0.15) is 6.61 Å². The number of thiol groups is 1. The number of rotatable bonds is 7. The van der Waals surface area contributed by atoms with E-state index in [2.05, 4.69) is 12.6 Å². The Morgan fingerprint density at radius 1 is 1.27 bits per heavy atom. The summed E-state index contributed by atoms with van der Waals surface area (Å²) in [6.45, 7) is 2.22. The van der Waals surface area contributed by atoms with Gasteiger partial charge in [-0.15, -0.1) is 4.52 Å². The van der Waals surface area contributed by atoms with Gasteiger partial charge in [-0.05, 0) is 23.2 Å². The van der Waals surface area contributed by atoms with Crippen LogP contribution < -0.4 is 0 Å². The minimum absolute atomic E-state index is 0.637. The van der Waals surface area contributed by atoms with Crippen molar-refractivity contribution in [2.24, 2.45) is 0 Å². The highest BCUT2D eigenvalue weighted by atomic mass is 32.1. The van der Waals surface area contributed by atoms with E-state index < -0.39 is 8.03 Å². The van der Waals surface area contributed by atoms with E-state index in [0.29, 0.717) is 6.61 Å². The van der Waals surface area contributed by atoms with Gasteiger partial charge in [0.2, 0.25) is 0 Å². The van der Waals surface area contributed by atoms with Crippen molar-refractivity contribution in [1.82, 2.24) is 0 Å². The summed E-state index contributed by atoms with van der Waals surface area (Å²) in [5, 5.41) is 0. The van der Waals surface area contributed by atoms with Gasteiger partial charge in [0.15, 0.2) is 6.66 Å². The van der Waals surface area contributed by atoms with Crippen LogP contribution in [0.3, 0.4) is 0 Å². The number of hydrogen-bond acceptors (Lipinski definition) is 3. The second-order valence-corrected chi connectivity index (χ2v) is 4.00. The van der Waals surface area contributed by atoms with Crippen molar-refractivity contribution in [3.8, 4) is 0 Å². The normalized spacial score (nSPS) is 11.6. The fraction of sp³-hybridized carbons (Fsp3) is 1.00. The summed E-state index contributed by atoms with van der Waals surface area (Å²) in [6, 6.07) is 0. The zero-order valence-electron chi connectivity index (χ0n) is 6.95. The topological polar surface area (TPSA) is 26.3 Å². The summed E-state index contributed by atoms with van der Waals surface area (Å²) < 4.78 is 15.4. The number of unbranched alkanes of at least 4 members (excludes halogenated alkanes) is 3. The van der Waals surface area contributed by atoms with Crippen LogP contribution in [0.2, 0.25) is 0 Å². The maximum atomic E-state index is 10.4. The lowest BCUT2D eigenvalue weighted by Gasteiger charge is -1.94. The second-order valence-electron chi connectivity index (χ2n) is 2.41. The van der Waals surface area contributed by atoms with Crippen molar-refractivity contribution < 1.29 is 9.09 Å². The summed E-state index contributed by atoms with van der Waals surface area (Å²) in [4.78, 5) is 0. The van der Waals surface area contributed by atoms with Crippen LogP contribution in [0, 0.1) is 0 Å². The van der Waals surface area contributed by atoms with Gasteiger partial charge in [-0.25, -0.2) is 0 Å². The van der Waals surface area contributed by atoms with Gasteiger partial charge >= 0.3 is 8.03 Å². The molecule has 0 aliphatic carbocycles. The lowest BCUT2D eigenvalue weighted by molar-refractivity contribution is 0.319. The summed E-state index contributed by atoms with van der Waals surface area (Å²) in [6.07, 6.45) is 4.54. The molecule has 0 aliphatic heterocycles. The standard InChI is InChI=1S/C7H15O2PS/c1-10(8)9-6-4-2-3-5-7-11/h2-7H2,1H3/p+1. The van der Waals surface area contributed by atoms with E-state index in [9.17, 15) is 4.57 Å². The lowest BCUT2D eigenvalue weighted by Crippen LogP contribution is -1.87. The van der Waals surface area contributed by atoms with Crippen molar-refractivity contribution >= 4 is 20.7 Å². The van der Waals surface area contributed by atoms with Crippen molar-refractivity contribution in [3.63, 3.8) is 0 Å². The van der Waals surface area contributed by atoms with E-state index in [1.165, 1.54) is 12.8 Å². The molecule has 0 amide bonds. The first-order valence-corrected chi connectivity index (χ1v) is 6.17. The molecule has 0 aromatic rings. The Labute approximate surface area is 75.0 Å². The molecule has 0 saturated heterocycles. The minimum atomic E-state index is -1.39. The van der Waals surface area contributed by atoms with Crippen LogP contribution in [0.5, 0.6) is 0 Å². The van der Waals surface area contributed by atoms with Crippen LogP contribution >= 0.6 is 20.7 Å². The maximum absolute atomic E-state index is 10.4. The second kappa shape index (κ2) is 8.51. The van der Waals surface area contributed by atoms with E-state index in [0.717, 1.165) is 18.6 Å². The minimum Gasteiger partial charge on any atom is -0.179 e. The van der Waals surface area contributed by atoms with Crippen LogP contribution in [-0.4, -0.2) is 19.0 Å². The van der Waals surface area contributed by atoms with E-state index in [1.807, 2.05) is 0 Å². The summed E-state index contributed by atoms with van der Waals surface area (Å²) in [5.41, 5.74) is 0. The maximum Gasteiger partial charge on any atom is 0.504 e. The third kappa shape index (κ3) is 10.4. The molecule has 0 aromatic heterocycles. The lowest BCUT2D eigenvalue weighted by atomic mass is 10.2. The molecule has 1 atom stereocenters. The Bertz CT molecular complexity index is 109. The molecule has 0 rings (SSSR count). The fourth-order valence-electron chi connectivity index (χ4n) is 0.761. The Kier molecular flexibility index (Phi) is 8.82. The zero-order valence-corrected chi connectivity index (χ0v) is 8.74. The van der Waals surface area contributed by atoms with Gasteiger partial charge in [0.25, 0.3) is 0 Å². The fourth-order valence-corrected chi connectivity index (χ4v) is 1.37. The molecule has 2 nitrogen and oxygen atoms in total. The monoisotopic (exact) mass is 195 g/mol. The summed E-state index contributed by atoms with van der Waals surface area (Å²) in [5.74, 6) is 0.961. The van der Waals surface area contributed by atoms with E-state index in [1.54, 1.807) is 6.66 Å². The molecule has 0 aliphatic rings. The molecule has 0 radical (unpaired) electrons. The first-order chi connectivity index (χ1) is 5.27. The van der Waals surface area contributed by atoms with Crippen molar-refractivity contribution in [3.05, 3.63) is 0 Å². The predicted octanol–water partition coefficient (Wildman–Crippen LogP) is 2.87. The van der Waals surface area contributed by atoms with Crippen molar-refractivity contribution in [2.45, 2.75) is 25.7 Å². The first kappa shape index (κ1) is 11.4. The highest BCUT2D eigenvalue weighted by molar-refractivity contribution is 7.80. The Balaban J connectivity index is 2.85. The van der Waals surface area contributed by atoms with Gasteiger partial charge in [0.05, 0.1) is 0 Å². The zero-order chi connectivity index (χ0) is 8.53. The van der Waals surface area contributed by atoms with Crippen LogP contribution in [-0.2, 0) is 9.09 Å². The quantitative estimate of drug-likeness (QED) is 0.384. The summed E-state index contributed by atoms with van der Waals surface area (Å²) >= 11 is 4.10. The first-order valence-electron chi connectivity index (χ1n) is 3.92. The third-order valence-corrected chi connectivity index (χ3v) is 2.19. The van der Waals surface area contributed by atoms with Crippen LogP contribution in [0.25, 0.3) is 0 Å². The van der Waals surface area contributed by atoms with Crippen molar-refractivity contribution in [1.29, 1.82) is 0 Å². The molecule has 66 valence electrons. The average molecular weight is 195 g/mol. The number of hydrogen-bond donors (Lipinski definition) is 1. The highest BCUT2D eigenvalue weighted by Crippen LogP contribution is 2.15. The smallest absolute Gasteiger partial charge is 0.179 e. The van der Waals surface area contributed by atoms with Gasteiger partial charge in [-0.1, -0.05) is 12.8 Å². The molecular weight excluding hydrogens is 179 g/mol. The molecule has 1 unspecified atom stereocenters. The molecule has 0 N–H and O–H groups in total. The Morgan fingerprint density at radius 2 is 1.91 bits per heavy atom. The molecule has 0 aromatic carbocycles. The van der Waals surface area contributed by atoms with Crippen LogP contribution in [0.15, 0.2) is 0 Å². The van der Waals surface area contributed by atoms with Crippen LogP contribution in [0.1, 0.15) is 25.7 Å². The molecule has 4 heteroatoms. The van der Waals surface area contributed by atoms with E-state index >= 15 is 0 Å². The van der Waals surface area contributed by atoms with Crippen molar-refractivity contribution in [2.75, 3.05) is 19.0 Å². The molecule has 11 heavy (non-hydrogen) atoms. The van der Waals surface area contributed by atoms with E-state index in [-0.39, 0.29) is 0 Å². The molecule has 0 spiro atoms. The average Bonchev–Trinajstić information content (AvgIpc) is 1.96. The molecule has 0 fully saturated rings. The highest BCUT2D eigenvalue weighted by Gasteiger charge is 2.04. The van der Waals surface area contributed by atoms with Gasteiger partial charge in [-0.3, -0.25) is 0 Å². The Morgan fingerprint density at radius 3 is 2.45 bits per heavy atom. The van der Waals surface area contributed by atoms with Gasteiger partial charge in [0, 0.05) is 0 Å². The van der Waals surface area contributed by atoms with E-state index in [4.69, 9.17) is 4.52 Å². The summed E-state index contributed by atoms with van der Waals surface area (Å²) in [7, 11) is -1.39. The van der Waals surface area contributed by atoms with Gasteiger partial charge < -0.3 is 0 Å². The SMILES string of the molecule is C[P+](=O)OCCCCCCS. The molecule has 0 saturated carbocycles. The van der Waals surface area contributed by atoms with Crippen LogP contribution in [0.4, 0.5) is 0 Å². The third-order valence-electron chi connectivity index (χ3n) is 1.33. The molecular formula is C7H16O2PS+. The predicted molar refractivity (Wildman–Crippen MR) is 51.8 cm³/mol.